The van der Waals surface area contributed by atoms with Gasteiger partial charge in [-0.2, -0.15) is 0 Å². The van der Waals surface area contributed by atoms with Gasteiger partial charge in [0.2, 0.25) is 0 Å². The van der Waals surface area contributed by atoms with E-state index in [1.54, 1.807) is 36.4 Å². The molecule has 0 aliphatic carbocycles. The van der Waals surface area contributed by atoms with E-state index >= 15 is 0 Å². The number of non-ortho nitro benzene ring substituents is 1. The Hall–Kier alpha value is -4.21. The molecule has 176 valence electrons. The summed E-state index contributed by atoms with van der Waals surface area (Å²) >= 11 is 11.9. The Bertz CT molecular complexity index is 1410. The van der Waals surface area contributed by atoms with Gasteiger partial charge in [-0.05, 0) is 35.9 Å². The maximum Gasteiger partial charge on any atom is 0.335 e. The van der Waals surface area contributed by atoms with Gasteiger partial charge in [0.15, 0.2) is 0 Å². The minimum atomic E-state index is -0.925. The van der Waals surface area contributed by atoms with Crippen molar-refractivity contribution in [3.05, 3.63) is 104 Å². The summed E-state index contributed by atoms with van der Waals surface area (Å²) < 4.78 is 5.81. The van der Waals surface area contributed by atoms with Gasteiger partial charge < -0.3 is 4.74 Å². The molecule has 0 bridgehead atoms. The highest BCUT2D eigenvalue weighted by molar-refractivity contribution is 6.43. The highest BCUT2D eigenvalue weighted by Gasteiger charge is 2.37. The number of anilines is 1. The Morgan fingerprint density at radius 1 is 0.971 bits per heavy atom. The molecule has 4 amide bonds. The minimum absolute atomic E-state index is 0.00982. The lowest BCUT2D eigenvalue weighted by Crippen LogP contribution is -2.54. The van der Waals surface area contributed by atoms with Gasteiger partial charge in [0.25, 0.3) is 17.5 Å². The number of hydrogen-bond donors (Lipinski definition) is 1. The number of halogens is 2. The third-order valence-corrected chi connectivity index (χ3v) is 5.74. The number of nitrogens with zero attached hydrogens (tertiary/aromatic N) is 2. The number of carbonyl (C=O) groups is 3. The van der Waals surface area contributed by atoms with Gasteiger partial charge in [-0.1, -0.05) is 53.5 Å². The second-order valence-corrected chi connectivity index (χ2v) is 8.12. The van der Waals surface area contributed by atoms with Gasteiger partial charge in [-0.25, -0.2) is 9.69 Å². The molecule has 9 nitrogen and oxygen atoms in total. The molecule has 0 unspecified atom stereocenters. The summed E-state index contributed by atoms with van der Waals surface area (Å²) in [6.07, 6.45) is 1.30. The van der Waals surface area contributed by atoms with E-state index in [0.29, 0.717) is 16.9 Å². The first-order chi connectivity index (χ1) is 16.7. The zero-order chi connectivity index (χ0) is 25.1. The Balaban J connectivity index is 1.63. The van der Waals surface area contributed by atoms with Crippen LogP contribution in [0.25, 0.3) is 6.08 Å². The Morgan fingerprint density at radius 2 is 1.74 bits per heavy atom. The number of urea groups is 1. The van der Waals surface area contributed by atoms with Crippen LogP contribution in [0.1, 0.15) is 11.1 Å². The lowest BCUT2D eigenvalue weighted by atomic mass is 10.1. The number of para-hydroxylation sites is 1. The summed E-state index contributed by atoms with van der Waals surface area (Å²) in [6, 6.07) is 15.9. The van der Waals surface area contributed by atoms with Crippen LogP contribution in [-0.2, 0) is 16.2 Å². The lowest BCUT2D eigenvalue weighted by molar-refractivity contribution is -0.384. The molecule has 11 heteroatoms. The van der Waals surface area contributed by atoms with E-state index in [9.17, 15) is 24.5 Å². The molecule has 35 heavy (non-hydrogen) atoms. The van der Waals surface area contributed by atoms with Crippen LogP contribution >= 0.6 is 23.2 Å². The predicted molar refractivity (Wildman–Crippen MR) is 129 cm³/mol. The number of nitro benzene ring substituents is 1. The molecule has 1 aliphatic heterocycles. The summed E-state index contributed by atoms with van der Waals surface area (Å²) in [5, 5.41) is 13.5. The fourth-order valence-corrected chi connectivity index (χ4v) is 3.62. The van der Waals surface area contributed by atoms with E-state index < -0.39 is 22.8 Å². The molecule has 0 spiro atoms. The predicted octanol–water partition coefficient (Wildman–Crippen LogP) is 5.15. The number of barbiturate groups is 1. The van der Waals surface area contributed by atoms with Crippen LogP contribution in [0.15, 0.2) is 72.3 Å². The SMILES string of the molecule is O=C1NC(=O)N(c2ccc(Cl)c(Cl)c2)C(=O)/C1=C/c1ccccc1OCc1cccc([N+](=O)[O-])c1. The van der Waals surface area contributed by atoms with Gasteiger partial charge in [-0.15, -0.1) is 0 Å². The van der Waals surface area contributed by atoms with E-state index in [0.717, 1.165) is 4.90 Å². The van der Waals surface area contributed by atoms with Crippen LogP contribution in [0.2, 0.25) is 10.0 Å². The lowest BCUT2D eigenvalue weighted by Gasteiger charge is -2.26. The molecule has 1 aliphatic rings. The van der Waals surface area contributed by atoms with Crippen LogP contribution < -0.4 is 15.0 Å². The van der Waals surface area contributed by atoms with Crippen LogP contribution in [0, 0.1) is 10.1 Å². The van der Waals surface area contributed by atoms with Crippen molar-refractivity contribution in [2.45, 2.75) is 6.61 Å². The first-order valence-corrected chi connectivity index (χ1v) is 10.8. The third kappa shape index (κ3) is 5.16. The zero-order valence-electron chi connectivity index (χ0n) is 17.7. The van der Waals surface area contributed by atoms with Crippen molar-refractivity contribution in [3.63, 3.8) is 0 Å². The van der Waals surface area contributed by atoms with Gasteiger partial charge in [0.05, 0.1) is 20.7 Å². The fraction of sp³-hybridized carbons (Fsp3) is 0.0417. The average molecular weight is 512 g/mol. The third-order valence-electron chi connectivity index (χ3n) is 5.00. The maximum atomic E-state index is 13.1. The largest absolute Gasteiger partial charge is 0.488 e. The van der Waals surface area contributed by atoms with Crippen molar-refractivity contribution in [2.24, 2.45) is 0 Å². The summed E-state index contributed by atoms with van der Waals surface area (Å²) in [7, 11) is 0. The molecule has 3 aromatic rings. The molecular formula is C24H15Cl2N3O6. The van der Waals surface area contributed by atoms with E-state index in [4.69, 9.17) is 27.9 Å². The van der Waals surface area contributed by atoms with Crippen molar-refractivity contribution in [1.82, 2.24) is 5.32 Å². The summed E-state index contributed by atoms with van der Waals surface area (Å²) in [5.41, 5.74) is 0.708. The van der Waals surface area contributed by atoms with Crippen molar-refractivity contribution in [1.29, 1.82) is 0 Å². The highest BCUT2D eigenvalue weighted by Crippen LogP contribution is 2.30. The number of hydrogen-bond acceptors (Lipinski definition) is 6. The molecule has 0 radical (unpaired) electrons. The number of nitrogens with one attached hydrogen (secondary N) is 1. The number of imide groups is 2. The summed E-state index contributed by atoms with van der Waals surface area (Å²) in [4.78, 5) is 49.3. The van der Waals surface area contributed by atoms with E-state index in [2.05, 4.69) is 5.32 Å². The standard InChI is InChI=1S/C24H15Cl2N3O6/c25-19-9-8-16(12-20(19)26)28-23(31)18(22(30)27-24(28)32)11-15-5-1-2-7-21(15)35-13-14-4-3-6-17(10-14)29(33)34/h1-12H,13H2,(H,27,30,32)/b18-11+. The molecule has 1 saturated heterocycles. The van der Waals surface area contributed by atoms with Gasteiger partial charge in [0, 0.05) is 17.7 Å². The van der Waals surface area contributed by atoms with Crippen LogP contribution in [0.5, 0.6) is 5.75 Å². The van der Waals surface area contributed by atoms with Crippen molar-refractivity contribution in [3.8, 4) is 5.75 Å². The van der Waals surface area contributed by atoms with E-state index in [1.165, 1.54) is 36.4 Å². The smallest absolute Gasteiger partial charge is 0.335 e. The molecule has 4 rings (SSSR count). The molecule has 3 aromatic carbocycles. The van der Waals surface area contributed by atoms with Gasteiger partial charge in [0.1, 0.15) is 17.9 Å². The van der Waals surface area contributed by atoms with Crippen LogP contribution in [0.4, 0.5) is 16.2 Å². The summed E-state index contributed by atoms with van der Waals surface area (Å²) in [6.45, 7) is 0.00982. The average Bonchev–Trinajstić information content (AvgIpc) is 2.83. The molecule has 0 atom stereocenters. The number of carbonyl (C=O) groups excluding carboxylic acids is 3. The minimum Gasteiger partial charge on any atom is -0.488 e. The number of nitro groups is 1. The normalized spacial score (nSPS) is 14.7. The number of rotatable bonds is 6. The Morgan fingerprint density at radius 3 is 2.49 bits per heavy atom. The molecule has 1 fully saturated rings. The van der Waals surface area contributed by atoms with Gasteiger partial charge >= 0.3 is 6.03 Å². The number of ether oxygens (including phenoxy) is 1. The highest BCUT2D eigenvalue weighted by atomic mass is 35.5. The topological polar surface area (TPSA) is 119 Å². The van der Waals surface area contributed by atoms with Crippen molar-refractivity contribution >= 4 is 58.5 Å². The quantitative estimate of drug-likeness (QED) is 0.211. The molecule has 0 saturated carbocycles. The van der Waals surface area contributed by atoms with Crippen LogP contribution in [0.3, 0.4) is 0 Å². The van der Waals surface area contributed by atoms with Crippen LogP contribution in [-0.4, -0.2) is 22.8 Å². The first-order valence-electron chi connectivity index (χ1n) is 10.1. The molecule has 0 aromatic heterocycles. The zero-order valence-corrected chi connectivity index (χ0v) is 19.2. The number of amides is 4. The summed E-state index contributed by atoms with van der Waals surface area (Å²) in [5.74, 6) is -1.40. The second kappa shape index (κ2) is 9.96. The Labute approximate surface area is 208 Å². The fourth-order valence-electron chi connectivity index (χ4n) is 3.32. The van der Waals surface area contributed by atoms with Crippen molar-refractivity contribution in [2.75, 3.05) is 4.90 Å². The first kappa shape index (κ1) is 23.9. The van der Waals surface area contributed by atoms with Gasteiger partial charge in [-0.3, -0.25) is 25.0 Å². The molecular weight excluding hydrogens is 497 g/mol. The Kier molecular flexibility index (Phi) is 6.81. The second-order valence-electron chi connectivity index (χ2n) is 7.31. The monoisotopic (exact) mass is 511 g/mol. The van der Waals surface area contributed by atoms with Crippen molar-refractivity contribution < 1.29 is 24.0 Å². The molecule has 1 heterocycles. The van der Waals surface area contributed by atoms with E-state index in [-0.39, 0.29) is 33.6 Å². The van der Waals surface area contributed by atoms with E-state index in [1.807, 2.05) is 0 Å². The molecule has 1 N–H and O–H groups in total. The maximum absolute atomic E-state index is 13.1. The number of benzene rings is 3.